The Kier molecular flexibility index (Phi) is 4.02. The average Bonchev–Trinajstić information content (AvgIpc) is 2.96. The SMILES string of the molecule is CCC1CCC(c2noc(CC(C)(O)CN)n2)C1. The highest BCUT2D eigenvalue weighted by molar-refractivity contribution is 5.01. The molecule has 18 heavy (non-hydrogen) atoms. The molecule has 3 atom stereocenters. The molecule has 0 spiro atoms. The zero-order valence-corrected chi connectivity index (χ0v) is 11.2. The van der Waals surface area contributed by atoms with Crippen LogP contribution in [0.4, 0.5) is 0 Å². The Labute approximate surface area is 108 Å². The van der Waals surface area contributed by atoms with Gasteiger partial charge in [-0.15, -0.1) is 0 Å². The van der Waals surface area contributed by atoms with Crippen molar-refractivity contribution in [1.82, 2.24) is 10.1 Å². The van der Waals surface area contributed by atoms with Crippen molar-refractivity contribution in [3.63, 3.8) is 0 Å². The molecule has 3 unspecified atom stereocenters. The van der Waals surface area contributed by atoms with Crippen LogP contribution in [-0.4, -0.2) is 27.4 Å². The standard InChI is InChI=1S/C13H23N3O2/c1-3-9-4-5-10(6-9)12-15-11(18-16-12)7-13(2,17)8-14/h9-10,17H,3-8,14H2,1-2H3. The maximum absolute atomic E-state index is 9.88. The molecule has 5 heteroatoms. The van der Waals surface area contributed by atoms with E-state index in [-0.39, 0.29) is 6.54 Å². The summed E-state index contributed by atoms with van der Waals surface area (Å²) in [4.78, 5) is 4.40. The molecule has 0 amide bonds. The molecular formula is C13H23N3O2. The molecule has 1 heterocycles. The topological polar surface area (TPSA) is 85.2 Å². The minimum absolute atomic E-state index is 0.187. The van der Waals surface area contributed by atoms with Crippen molar-refractivity contribution >= 4 is 0 Å². The number of rotatable bonds is 5. The fourth-order valence-electron chi connectivity index (χ4n) is 2.58. The maximum atomic E-state index is 9.88. The van der Waals surface area contributed by atoms with Crippen LogP contribution in [-0.2, 0) is 6.42 Å². The fraction of sp³-hybridized carbons (Fsp3) is 0.846. The summed E-state index contributed by atoms with van der Waals surface area (Å²) >= 11 is 0. The van der Waals surface area contributed by atoms with E-state index in [4.69, 9.17) is 10.3 Å². The zero-order valence-electron chi connectivity index (χ0n) is 11.2. The molecule has 0 aromatic carbocycles. The number of nitrogens with two attached hydrogens (primary N) is 1. The summed E-state index contributed by atoms with van der Waals surface area (Å²) in [6.45, 7) is 4.10. The van der Waals surface area contributed by atoms with E-state index in [1.807, 2.05) is 0 Å². The van der Waals surface area contributed by atoms with E-state index in [1.165, 1.54) is 12.8 Å². The molecule has 102 valence electrons. The van der Waals surface area contributed by atoms with E-state index in [0.717, 1.165) is 24.6 Å². The second-order valence-electron chi connectivity index (χ2n) is 5.71. The Morgan fingerprint density at radius 2 is 2.28 bits per heavy atom. The van der Waals surface area contributed by atoms with E-state index in [1.54, 1.807) is 6.92 Å². The van der Waals surface area contributed by atoms with Crippen LogP contribution in [0.5, 0.6) is 0 Å². The summed E-state index contributed by atoms with van der Waals surface area (Å²) in [6, 6.07) is 0. The summed E-state index contributed by atoms with van der Waals surface area (Å²) in [5.74, 6) is 2.51. The minimum atomic E-state index is -0.967. The molecule has 3 N–H and O–H groups in total. The molecular weight excluding hydrogens is 230 g/mol. The van der Waals surface area contributed by atoms with Crippen LogP contribution in [0.3, 0.4) is 0 Å². The number of nitrogens with zero attached hydrogens (tertiary/aromatic N) is 2. The normalized spacial score (nSPS) is 27.3. The first-order chi connectivity index (χ1) is 8.54. The molecule has 1 saturated carbocycles. The van der Waals surface area contributed by atoms with E-state index < -0.39 is 5.60 Å². The first-order valence-electron chi connectivity index (χ1n) is 6.79. The van der Waals surface area contributed by atoms with Crippen molar-refractivity contribution in [1.29, 1.82) is 0 Å². The van der Waals surface area contributed by atoms with Crippen LogP contribution in [0.25, 0.3) is 0 Å². The van der Waals surface area contributed by atoms with Gasteiger partial charge in [-0.2, -0.15) is 4.98 Å². The third kappa shape index (κ3) is 3.09. The Morgan fingerprint density at radius 1 is 1.50 bits per heavy atom. The maximum Gasteiger partial charge on any atom is 0.229 e. The lowest BCUT2D eigenvalue weighted by Crippen LogP contribution is -2.36. The molecule has 1 aromatic heterocycles. The van der Waals surface area contributed by atoms with Crippen molar-refractivity contribution in [3.8, 4) is 0 Å². The van der Waals surface area contributed by atoms with Gasteiger partial charge in [-0.05, 0) is 32.1 Å². The van der Waals surface area contributed by atoms with Gasteiger partial charge in [0.25, 0.3) is 0 Å². The van der Waals surface area contributed by atoms with Crippen molar-refractivity contribution in [2.45, 2.75) is 57.5 Å². The number of aliphatic hydroxyl groups is 1. The molecule has 1 aliphatic rings. The lowest BCUT2D eigenvalue weighted by molar-refractivity contribution is 0.0610. The number of hydrogen-bond donors (Lipinski definition) is 2. The van der Waals surface area contributed by atoms with Gasteiger partial charge in [-0.1, -0.05) is 18.5 Å². The second kappa shape index (κ2) is 5.36. The predicted molar refractivity (Wildman–Crippen MR) is 68.1 cm³/mol. The lowest BCUT2D eigenvalue weighted by Gasteiger charge is -2.17. The van der Waals surface area contributed by atoms with Crippen LogP contribution in [0.1, 0.15) is 57.2 Å². The van der Waals surface area contributed by atoms with Gasteiger partial charge in [0.05, 0.1) is 12.0 Å². The van der Waals surface area contributed by atoms with E-state index >= 15 is 0 Å². The summed E-state index contributed by atoms with van der Waals surface area (Å²) in [6.07, 6.45) is 5.10. The highest BCUT2D eigenvalue weighted by atomic mass is 16.5. The van der Waals surface area contributed by atoms with Crippen LogP contribution >= 0.6 is 0 Å². The van der Waals surface area contributed by atoms with Gasteiger partial charge in [0.2, 0.25) is 5.89 Å². The number of aromatic nitrogens is 2. The summed E-state index contributed by atoms with van der Waals surface area (Å²) in [7, 11) is 0. The second-order valence-corrected chi connectivity index (χ2v) is 5.71. The zero-order chi connectivity index (χ0) is 13.2. The average molecular weight is 253 g/mol. The fourth-order valence-corrected chi connectivity index (χ4v) is 2.58. The molecule has 1 aromatic rings. The highest BCUT2D eigenvalue weighted by Crippen LogP contribution is 2.38. The van der Waals surface area contributed by atoms with Crippen molar-refractivity contribution in [3.05, 3.63) is 11.7 Å². The molecule has 0 bridgehead atoms. The van der Waals surface area contributed by atoms with E-state index in [2.05, 4.69) is 17.1 Å². The van der Waals surface area contributed by atoms with Gasteiger partial charge >= 0.3 is 0 Å². The van der Waals surface area contributed by atoms with Gasteiger partial charge in [-0.25, -0.2) is 0 Å². The van der Waals surface area contributed by atoms with Gasteiger partial charge in [0.15, 0.2) is 5.82 Å². The van der Waals surface area contributed by atoms with E-state index in [9.17, 15) is 5.11 Å². The largest absolute Gasteiger partial charge is 0.388 e. The Balaban J connectivity index is 1.98. The van der Waals surface area contributed by atoms with Crippen molar-refractivity contribution < 1.29 is 9.63 Å². The summed E-state index contributed by atoms with van der Waals surface area (Å²) < 4.78 is 5.21. The Hall–Kier alpha value is -0.940. The molecule has 2 rings (SSSR count). The Bertz CT molecular complexity index is 389. The lowest BCUT2D eigenvalue weighted by atomic mass is 10.0. The van der Waals surface area contributed by atoms with Gasteiger partial charge in [0.1, 0.15) is 0 Å². The summed E-state index contributed by atoms with van der Waals surface area (Å²) in [5, 5.41) is 13.9. The number of hydrogen-bond acceptors (Lipinski definition) is 5. The van der Waals surface area contributed by atoms with Crippen LogP contribution in [0, 0.1) is 5.92 Å². The molecule has 1 fully saturated rings. The first kappa shape index (κ1) is 13.5. The minimum Gasteiger partial charge on any atom is -0.388 e. The predicted octanol–water partition coefficient (Wildman–Crippen LogP) is 1.62. The third-order valence-corrected chi connectivity index (χ3v) is 3.94. The molecule has 5 nitrogen and oxygen atoms in total. The Morgan fingerprint density at radius 3 is 2.89 bits per heavy atom. The van der Waals surface area contributed by atoms with Crippen molar-refractivity contribution in [2.24, 2.45) is 11.7 Å². The molecule has 0 saturated heterocycles. The molecule has 0 radical (unpaired) electrons. The van der Waals surface area contributed by atoms with Gasteiger partial charge in [-0.3, -0.25) is 0 Å². The quantitative estimate of drug-likeness (QED) is 0.832. The molecule has 1 aliphatic carbocycles. The van der Waals surface area contributed by atoms with Gasteiger partial charge < -0.3 is 15.4 Å². The van der Waals surface area contributed by atoms with Crippen molar-refractivity contribution in [2.75, 3.05) is 6.54 Å². The third-order valence-electron chi connectivity index (χ3n) is 3.94. The first-order valence-corrected chi connectivity index (χ1v) is 6.79. The van der Waals surface area contributed by atoms with Gasteiger partial charge in [0, 0.05) is 12.5 Å². The van der Waals surface area contributed by atoms with Crippen LogP contribution in [0.15, 0.2) is 4.52 Å². The monoisotopic (exact) mass is 253 g/mol. The van der Waals surface area contributed by atoms with E-state index in [0.29, 0.717) is 18.2 Å². The smallest absolute Gasteiger partial charge is 0.229 e. The van der Waals surface area contributed by atoms with Crippen LogP contribution < -0.4 is 5.73 Å². The summed E-state index contributed by atoms with van der Waals surface area (Å²) in [5.41, 5.74) is 4.51. The van der Waals surface area contributed by atoms with Crippen LogP contribution in [0.2, 0.25) is 0 Å². The molecule has 0 aliphatic heterocycles. The highest BCUT2D eigenvalue weighted by Gasteiger charge is 2.29.